The van der Waals surface area contributed by atoms with Crippen LogP contribution < -0.4 is 0 Å². The molecule has 0 spiro atoms. The molecule has 3 aliphatic heterocycles. The van der Waals surface area contributed by atoms with Crippen molar-refractivity contribution in [3.8, 4) is 11.3 Å². The molecule has 4 heterocycles. The van der Waals surface area contributed by atoms with Crippen LogP contribution in [0.2, 0.25) is 0 Å². The number of carbonyl (C=O) groups is 1. The fraction of sp³-hybridized carbons (Fsp3) is 0.615. The molecule has 8 nitrogen and oxygen atoms in total. The average molecular weight is 499 g/mol. The normalized spacial score (nSPS) is 27.3. The molecule has 1 atom stereocenters. The van der Waals surface area contributed by atoms with Crippen molar-refractivity contribution in [3.63, 3.8) is 0 Å². The van der Waals surface area contributed by atoms with Gasteiger partial charge >= 0.3 is 0 Å². The van der Waals surface area contributed by atoms with Crippen molar-refractivity contribution in [1.82, 2.24) is 19.6 Å². The Morgan fingerprint density at radius 1 is 0.971 bits per heavy atom. The van der Waals surface area contributed by atoms with Gasteiger partial charge in [-0.15, -0.1) is 0 Å². The van der Waals surface area contributed by atoms with Gasteiger partial charge in [0.25, 0.3) is 5.91 Å². The van der Waals surface area contributed by atoms with Gasteiger partial charge in [0.1, 0.15) is 0 Å². The minimum Gasteiger partial charge on any atom is -0.379 e. The topological polar surface area (TPSA) is 76.9 Å². The molecule has 188 valence electrons. The Kier molecular flexibility index (Phi) is 6.75. The Bertz CT molecular complexity index is 1100. The van der Waals surface area contributed by atoms with E-state index in [1.54, 1.807) is 0 Å². The second-order valence-corrected chi connectivity index (χ2v) is 11.5. The zero-order valence-corrected chi connectivity index (χ0v) is 21.0. The van der Waals surface area contributed by atoms with Crippen molar-refractivity contribution < 1.29 is 18.5 Å². The zero-order chi connectivity index (χ0) is 23.8. The Labute approximate surface area is 209 Å². The molecule has 0 N–H and O–H groups in total. The lowest BCUT2D eigenvalue weighted by Gasteiger charge is -2.35. The molecule has 1 amide bonds. The summed E-state index contributed by atoms with van der Waals surface area (Å²) < 4.78 is 26.2. The van der Waals surface area contributed by atoms with E-state index < -0.39 is 10.8 Å². The number of morpholine rings is 2. The van der Waals surface area contributed by atoms with E-state index in [2.05, 4.69) is 9.58 Å². The van der Waals surface area contributed by atoms with E-state index in [1.165, 1.54) is 0 Å². The highest BCUT2D eigenvalue weighted by Crippen LogP contribution is 2.42. The zero-order valence-electron chi connectivity index (χ0n) is 20.2. The lowest BCUT2D eigenvalue weighted by molar-refractivity contribution is 0.0263. The first-order chi connectivity index (χ1) is 17.2. The van der Waals surface area contributed by atoms with Gasteiger partial charge in [-0.1, -0.05) is 18.2 Å². The van der Waals surface area contributed by atoms with Crippen LogP contribution in [-0.4, -0.2) is 88.8 Å². The van der Waals surface area contributed by atoms with Gasteiger partial charge in [-0.3, -0.25) is 18.6 Å². The minimum absolute atomic E-state index is 0.0549. The highest BCUT2D eigenvalue weighted by molar-refractivity contribution is 7.84. The van der Waals surface area contributed by atoms with Gasteiger partial charge in [-0.2, -0.15) is 5.10 Å². The molecule has 6 rings (SSSR count). The number of nitrogens with zero attached hydrogens (tertiary/aromatic N) is 4. The summed E-state index contributed by atoms with van der Waals surface area (Å²) in [4.78, 5) is 18.8. The molecular weight excluding hydrogens is 464 g/mol. The maximum atomic E-state index is 13.5. The van der Waals surface area contributed by atoms with E-state index in [-0.39, 0.29) is 11.9 Å². The van der Waals surface area contributed by atoms with Crippen molar-refractivity contribution in [2.45, 2.75) is 42.4 Å². The Hall–Kier alpha value is -2.07. The number of fused-ring (bicyclic) bond motifs is 3. The minimum atomic E-state index is -1.17. The first-order valence-corrected chi connectivity index (χ1v) is 14.3. The van der Waals surface area contributed by atoms with Crippen LogP contribution in [0.1, 0.15) is 47.8 Å². The summed E-state index contributed by atoms with van der Waals surface area (Å²) in [5, 5.41) is 4.99. The molecule has 3 fully saturated rings. The molecule has 0 radical (unpaired) electrons. The Morgan fingerprint density at radius 2 is 1.66 bits per heavy atom. The number of rotatable bonds is 4. The van der Waals surface area contributed by atoms with Crippen LogP contribution in [0.3, 0.4) is 0 Å². The third kappa shape index (κ3) is 4.59. The van der Waals surface area contributed by atoms with Crippen molar-refractivity contribution in [2.75, 3.05) is 59.2 Å². The third-order valence-corrected chi connectivity index (χ3v) is 9.35. The van der Waals surface area contributed by atoms with Crippen molar-refractivity contribution in [3.05, 3.63) is 35.5 Å². The smallest absolute Gasteiger partial charge is 0.274 e. The highest BCUT2D eigenvalue weighted by atomic mass is 32.2. The fourth-order valence-corrected chi connectivity index (χ4v) is 7.37. The summed E-state index contributed by atoms with van der Waals surface area (Å²) >= 11 is 0. The van der Waals surface area contributed by atoms with E-state index in [0.29, 0.717) is 43.7 Å². The molecule has 1 aliphatic carbocycles. The Morgan fingerprint density at radius 3 is 2.40 bits per heavy atom. The van der Waals surface area contributed by atoms with Crippen molar-refractivity contribution in [2.24, 2.45) is 5.92 Å². The number of hydrogen-bond acceptors (Lipinski definition) is 6. The average Bonchev–Trinajstić information content (AvgIpc) is 3.29. The standard InChI is InChI=1S/C26H34N4O4S/c31-26(29-11-15-34-16-12-29)24-22-18-35(32)23-4-2-1-3-21(23)25(22)30(27-24)20-7-5-19(6-8-20)17-28-9-13-33-14-10-28/h1-4,19-20H,5-18H2. The van der Waals surface area contributed by atoms with E-state index in [0.717, 1.165) is 80.2 Å². The van der Waals surface area contributed by atoms with Gasteiger partial charge in [0.05, 0.1) is 54.7 Å². The molecule has 2 saturated heterocycles. The van der Waals surface area contributed by atoms with Gasteiger partial charge in [0.15, 0.2) is 5.69 Å². The summed E-state index contributed by atoms with van der Waals surface area (Å²) in [7, 11) is -1.17. The van der Waals surface area contributed by atoms with Crippen LogP contribution in [-0.2, 0) is 26.0 Å². The van der Waals surface area contributed by atoms with Gasteiger partial charge in [0.2, 0.25) is 0 Å². The summed E-state index contributed by atoms with van der Waals surface area (Å²) in [6.45, 7) is 7.16. The van der Waals surface area contributed by atoms with Crippen LogP contribution in [0.4, 0.5) is 0 Å². The summed E-state index contributed by atoms with van der Waals surface area (Å²) in [6.07, 6.45) is 4.44. The number of carbonyl (C=O) groups excluding carboxylic acids is 1. The number of amides is 1. The fourth-order valence-electron chi connectivity index (χ4n) is 6.03. The van der Waals surface area contributed by atoms with Crippen LogP contribution >= 0.6 is 0 Å². The molecule has 2 aromatic rings. The van der Waals surface area contributed by atoms with Crippen molar-refractivity contribution in [1.29, 1.82) is 0 Å². The lowest BCUT2D eigenvalue weighted by Crippen LogP contribution is -2.41. The number of hydrogen-bond donors (Lipinski definition) is 0. The molecule has 1 aromatic carbocycles. The van der Waals surface area contributed by atoms with Gasteiger partial charge < -0.3 is 14.4 Å². The number of benzene rings is 1. The third-order valence-electron chi connectivity index (χ3n) is 7.95. The molecule has 1 unspecified atom stereocenters. The van der Waals surface area contributed by atoms with Crippen LogP contribution in [0.15, 0.2) is 29.2 Å². The molecule has 35 heavy (non-hydrogen) atoms. The number of aromatic nitrogens is 2. The van der Waals surface area contributed by atoms with Crippen molar-refractivity contribution >= 4 is 16.7 Å². The van der Waals surface area contributed by atoms with Gasteiger partial charge in [-0.25, -0.2) is 0 Å². The Balaban J connectivity index is 1.29. The van der Waals surface area contributed by atoms with Crippen LogP contribution in [0.25, 0.3) is 11.3 Å². The van der Waals surface area contributed by atoms with Crippen LogP contribution in [0.5, 0.6) is 0 Å². The largest absolute Gasteiger partial charge is 0.379 e. The molecule has 1 saturated carbocycles. The molecule has 4 aliphatic rings. The maximum Gasteiger partial charge on any atom is 0.274 e. The van der Waals surface area contributed by atoms with E-state index in [4.69, 9.17) is 14.6 Å². The molecule has 1 aromatic heterocycles. The predicted molar refractivity (Wildman–Crippen MR) is 133 cm³/mol. The first kappa shape index (κ1) is 23.3. The predicted octanol–water partition coefficient (Wildman–Crippen LogP) is 2.71. The molecule has 0 bridgehead atoms. The second-order valence-electron chi connectivity index (χ2n) is 10.1. The quantitative estimate of drug-likeness (QED) is 0.645. The summed E-state index contributed by atoms with van der Waals surface area (Å²) in [5.74, 6) is 0.995. The van der Waals surface area contributed by atoms with E-state index in [1.807, 2.05) is 29.2 Å². The van der Waals surface area contributed by atoms with E-state index in [9.17, 15) is 9.00 Å². The highest BCUT2D eigenvalue weighted by Gasteiger charge is 2.36. The summed E-state index contributed by atoms with van der Waals surface area (Å²) in [5.41, 5.74) is 3.32. The molecular formula is C26H34N4O4S. The van der Waals surface area contributed by atoms with E-state index >= 15 is 0 Å². The lowest BCUT2D eigenvalue weighted by atomic mass is 9.85. The van der Waals surface area contributed by atoms with Gasteiger partial charge in [0, 0.05) is 48.7 Å². The first-order valence-electron chi connectivity index (χ1n) is 13.0. The SMILES string of the molecule is O=C(c1nn(C2CCC(CN3CCOCC3)CC2)c2c1CS(=O)c1ccccc1-2)N1CCOCC1. The van der Waals surface area contributed by atoms with Crippen LogP contribution in [0, 0.1) is 5.92 Å². The monoisotopic (exact) mass is 498 g/mol. The maximum absolute atomic E-state index is 13.5. The van der Waals surface area contributed by atoms with Gasteiger partial charge in [-0.05, 0) is 37.7 Å². The summed E-state index contributed by atoms with van der Waals surface area (Å²) in [6, 6.07) is 8.19. The molecule has 9 heteroatoms. The number of ether oxygens (including phenoxy) is 2. The second kappa shape index (κ2) is 10.1.